The summed E-state index contributed by atoms with van der Waals surface area (Å²) >= 11 is 0. The highest BCUT2D eigenvalue weighted by atomic mass is 19.4. The molecule has 10 heteroatoms. The fourth-order valence-corrected chi connectivity index (χ4v) is 2.30. The number of alkyl halides is 3. The molecule has 0 fully saturated rings. The second-order valence-corrected chi connectivity index (χ2v) is 6.22. The molecule has 0 spiro atoms. The van der Waals surface area contributed by atoms with Gasteiger partial charge in [0.15, 0.2) is 0 Å². The molecule has 0 aliphatic rings. The zero-order valence-corrected chi connectivity index (χ0v) is 15.1. The Bertz CT molecular complexity index is 692. The maximum absolute atomic E-state index is 12.8. The van der Waals surface area contributed by atoms with Gasteiger partial charge >= 0.3 is 18.2 Å². The number of carbonyl (C=O) groups excluding carboxylic acids is 3. The van der Waals surface area contributed by atoms with Gasteiger partial charge in [0.1, 0.15) is 12.1 Å². The minimum absolute atomic E-state index is 0.169. The lowest BCUT2D eigenvalue weighted by Crippen LogP contribution is -2.54. The van der Waals surface area contributed by atoms with E-state index in [1.54, 1.807) is 13.8 Å². The number of urea groups is 1. The largest absolute Gasteiger partial charge is 0.467 e. The second kappa shape index (κ2) is 9.24. The first-order valence-electron chi connectivity index (χ1n) is 8.06. The van der Waals surface area contributed by atoms with E-state index in [1.165, 1.54) is 12.1 Å². The summed E-state index contributed by atoms with van der Waals surface area (Å²) in [4.78, 5) is 35.4. The fraction of sp³-hybridized carbons (Fsp3) is 0.471. The number of ether oxygens (including phenoxy) is 1. The van der Waals surface area contributed by atoms with E-state index >= 15 is 0 Å². The Balaban J connectivity index is 2.87. The summed E-state index contributed by atoms with van der Waals surface area (Å²) in [5, 5.41) is 4.64. The number of nitrogens with one attached hydrogen (secondary N) is 2. The van der Waals surface area contributed by atoms with E-state index < -0.39 is 41.7 Å². The van der Waals surface area contributed by atoms with Gasteiger partial charge in [0.25, 0.3) is 0 Å². The zero-order chi connectivity index (χ0) is 20.8. The molecule has 2 atom stereocenters. The SMILES string of the molecule is COC(=O)C(NC(=O)NC(Cc1cccc(C(F)(F)F)c1)C(N)=O)C(C)C. The van der Waals surface area contributed by atoms with Crippen LogP contribution >= 0.6 is 0 Å². The summed E-state index contributed by atoms with van der Waals surface area (Å²) in [6.07, 6.45) is -4.77. The van der Waals surface area contributed by atoms with Crippen molar-refractivity contribution in [3.8, 4) is 0 Å². The number of primary amides is 1. The van der Waals surface area contributed by atoms with E-state index in [2.05, 4.69) is 15.4 Å². The number of methoxy groups -OCH3 is 1. The number of nitrogens with two attached hydrogens (primary N) is 1. The van der Waals surface area contributed by atoms with Crippen LogP contribution in [0.1, 0.15) is 25.0 Å². The van der Waals surface area contributed by atoms with E-state index in [4.69, 9.17) is 5.73 Å². The predicted octanol–water partition coefficient (Wildman–Crippen LogP) is 1.60. The Morgan fingerprint density at radius 1 is 1.19 bits per heavy atom. The quantitative estimate of drug-likeness (QED) is 0.615. The monoisotopic (exact) mass is 389 g/mol. The van der Waals surface area contributed by atoms with E-state index in [-0.39, 0.29) is 17.9 Å². The lowest BCUT2D eigenvalue weighted by molar-refractivity contribution is -0.144. The van der Waals surface area contributed by atoms with E-state index in [9.17, 15) is 27.6 Å². The third kappa shape index (κ3) is 6.80. The van der Waals surface area contributed by atoms with Crippen LogP contribution in [0.3, 0.4) is 0 Å². The minimum Gasteiger partial charge on any atom is -0.467 e. The first-order chi connectivity index (χ1) is 12.5. The first kappa shape index (κ1) is 22.3. The first-order valence-corrected chi connectivity index (χ1v) is 8.06. The second-order valence-electron chi connectivity index (χ2n) is 6.22. The highest BCUT2D eigenvalue weighted by molar-refractivity contribution is 5.88. The van der Waals surface area contributed by atoms with Crippen LogP contribution in [0.15, 0.2) is 24.3 Å². The molecule has 0 bridgehead atoms. The molecule has 7 nitrogen and oxygen atoms in total. The maximum Gasteiger partial charge on any atom is 0.416 e. The Morgan fingerprint density at radius 3 is 2.30 bits per heavy atom. The third-order valence-corrected chi connectivity index (χ3v) is 3.75. The minimum atomic E-state index is -4.53. The van der Waals surface area contributed by atoms with Gasteiger partial charge in [-0.1, -0.05) is 32.0 Å². The van der Waals surface area contributed by atoms with Crippen molar-refractivity contribution in [2.24, 2.45) is 11.7 Å². The van der Waals surface area contributed by atoms with Crippen LogP contribution in [0.4, 0.5) is 18.0 Å². The Labute approximate surface area is 154 Å². The van der Waals surface area contributed by atoms with E-state index in [1.807, 2.05) is 0 Å². The summed E-state index contributed by atoms with van der Waals surface area (Å²) < 4.78 is 42.9. The summed E-state index contributed by atoms with van der Waals surface area (Å²) in [6.45, 7) is 3.35. The molecule has 0 aliphatic carbocycles. The van der Waals surface area contributed by atoms with Crippen molar-refractivity contribution in [1.29, 1.82) is 0 Å². The van der Waals surface area contributed by atoms with Gasteiger partial charge in [-0.3, -0.25) is 4.79 Å². The number of hydrogen-bond acceptors (Lipinski definition) is 4. The topological polar surface area (TPSA) is 111 Å². The molecular formula is C17H22F3N3O4. The molecule has 0 saturated carbocycles. The molecule has 0 radical (unpaired) electrons. The highest BCUT2D eigenvalue weighted by Gasteiger charge is 2.31. The molecule has 0 aromatic heterocycles. The molecule has 3 amide bonds. The van der Waals surface area contributed by atoms with Crippen molar-refractivity contribution in [1.82, 2.24) is 10.6 Å². The van der Waals surface area contributed by atoms with Gasteiger partial charge in [-0.25, -0.2) is 9.59 Å². The van der Waals surface area contributed by atoms with E-state index in [0.29, 0.717) is 0 Å². The van der Waals surface area contributed by atoms with Gasteiger partial charge < -0.3 is 21.1 Å². The molecule has 1 aromatic carbocycles. The van der Waals surface area contributed by atoms with E-state index in [0.717, 1.165) is 19.2 Å². The predicted molar refractivity (Wildman–Crippen MR) is 90.4 cm³/mol. The van der Waals surface area contributed by atoms with Crippen LogP contribution in [0, 0.1) is 5.92 Å². The Hall–Kier alpha value is -2.78. The van der Waals surface area contributed by atoms with Crippen molar-refractivity contribution in [3.63, 3.8) is 0 Å². The number of amides is 3. The van der Waals surface area contributed by atoms with Gasteiger partial charge in [0.2, 0.25) is 5.91 Å². The molecule has 1 aromatic rings. The van der Waals surface area contributed by atoms with Crippen molar-refractivity contribution in [3.05, 3.63) is 35.4 Å². The molecule has 1 rings (SSSR count). The Morgan fingerprint density at radius 2 is 1.81 bits per heavy atom. The van der Waals surface area contributed by atoms with Crippen molar-refractivity contribution >= 4 is 17.9 Å². The molecule has 4 N–H and O–H groups in total. The number of hydrogen-bond donors (Lipinski definition) is 3. The zero-order valence-electron chi connectivity index (χ0n) is 15.1. The number of carbonyl (C=O) groups is 3. The van der Waals surface area contributed by atoms with Gasteiger partial charge in [-0.2, -0.15) is 13.2 Å². The molecule has 0 heterocycles. The van der Waals surface area contributed by atoms with Crippen molar-refractivity contribution < 1.29 is 32.3 Å². The van der Waals surface area contributed by atoms with Crippen LogP contribution in [0.25, 0.3) is 0 Å². The number of halogens is 3. The van der Waals surface area contributed by atoms with Crippen LogP contribution < -0.4 is 16.4 Å². The Kier molecular flexibility index (Phi) is 7.62. The van der Waals surface area contributed by atoms with Crippen LogP contribution in [0.5, 0.6) is 0 Å². The highest BCUT2D eigenvalue weighted by Crippen LogP contribution is 2.29. The fourth-order valence-electron chi connectivity index (χ4n) is 2.30. The van der Waals surface area contributed by atoms with Gasteiger partial charge in [0.05, 0.1) is 12.7 Å². The molecule has 27 heavy (non-hydrogen) atoms. The summed E-state index contributed by atoms with van der Waals surface area (Å²) in [5.41, 5.74) is 4.53. The smallest absolute Gasteiger partial charge is 0.416 e. The van der Waals surface area contributed by atoms with Gasteiger partial charge in [-0.15, -0.1) is 0 Å². The molecule has 2 unspecified atom stereocenters. The average molecular weight is 389 g/mol. The van der Waals surface area contributed by atoms with Crippen molar-refractivity contribution in [2.45, 2.75) is 38.5 Å². The average Bonchev–Trinajstić information content (AvgIpc) is 2.57. The molecular weight excluding hydrogens is 367 g/mol. The van der Waals surface area contributed by atoms with Crippen molar-refractivity contribution in [2.75, 3.05) is 7.11 Å². The lowest BCUT2D eigenvalue weighted by atomic mass is 10.0. The van der Waals surface area contributed by atoms with Gasteiger partial charge in [-0.05, 0) is 17.5 Å². The number of esters is 1. The molecule has 150 valence electrons. The molecule has 0 aliphatic heterocycles. The van der Waals surface area contributed by atoms with Crippen LogP contribution in [0.2, 0.25) is 0 Å². The summed E-state index contributed by atoms with van der Waals surface area (Å²) in [6, 6.07) is 1.26. The third-order valence-electron chi connectivity index (χ3n) is 3.75. The summed E-state index contributed by atoms with van der Waals surface area (Å²) in [5.74, 6) is -1.89. The maximum atomic E-state index is 12.8. The lowest BCUT2D eigenvalue weighted by Gasteiger charge is -2.22. The van der Waals surface area contributed by atoms with Crippen LogP contribution in [-0.2, 0) is 26.9 Å². The number of benzene rings is 1. The molecule has 0 saturated heterocycles. The number of rotatable bonds is 7. The van der Waals surface area contributed by atoms with Crippen LogP contribution in [-0.4, -0.2) is 37.1 Å². The standard InChI is InChI=1S/C17H22F3N3O4/c1-9(2)13(15(25)27-3)23-16(26)22-12(14(21)24)8-10-5-4-6-11(7-10)17(18,19)20/h4-7,9,12-13H,8H2,1-3H3,(H2,21,24)(H2,22,23,26). The normalized spacial score (nSPS) is 13.6. The summed E-state index contributed by atoms with van der Waals surface area (Å²) in [7, 11) is 1.16. The van der Waals surface area contributed by atoms with Gasteiger partial charge in [0, 0.05) is 6.42 Å².